The van der Waals surface area contributed by atoms with Gasteiger partial charge in [-0.25, -0.2) is 4.79 Å². The van der Waals surface area contributed by atoms with Gasteiger partial charge in [-0.2, -0.15) is 4.98 Å². The van der Waals surface area contributed by atoms with E-state index in [4.69, 9.17) is 9.72 Å². The monoisotopic (exact) mass is 401 g/mol. The number of hydrogen-bond donors (Lipinski definition) is 0. The van der Waals surface area contributed by atoms with Crippen LogP contribution >= 0.6 is 0 Å². The van der Waals surface area contributed by atoms with Crippen molar-refractivity contribution in [1.82, 2.24) is 23.1 Å². The first-order valence-electron chi connectivity index (χ1n) is 10.3. The molecule has 0 aliphatic heterocycles. The zero-order valence-electron chi connectivity index (χ0n) is 18.2. The number of ether oxygens (including phenoxy) is 1. The van der Waals surface area contributed by atoms with Crippen molar-refractivity contribution in [2.45, 2.75) is 59.5 Å². The van der Waals surface area contributed by atoms with Crippen LogP contribution < -0.4 is 11.2 Å². The maximum Gasteiger partial charge on any atom is 0.332 e. The van der Waals surface area contributed by atoms with E-state index >= 15 is 0 Å². The van der Waals surface area contributed by atoms with Crippen LogP contribution in [0.2, 0.25) is 0 Å². The highest BCUT2D eigenvalue weighted by Gasteiger charge is 2.34. The van der Waals surface area contributed by atoms with Gasteiger partial charge in [0.15, 0.2) is 11.2 Å². The predicted octanol–water partition coefficient (Wildman–Crippen LogP) is 2.49. The van der Waals surface area contributed by atoms with Crippen molar-refractivity contribution in [3.8, 4) is 0 Å². The molecular weight excluding hydrogens is 370 g/mol. The lowest BCUT2D eigenvalue weighted by Gasteiger charge is -2.39. The van der Waals surface area contributed by atoms with Gasteiger partial charge in [-0.1, -0.05) is 20.8 Å². The lowest BCUT2D eigenvalue weighted by Crippen LogP contribution is -2.40. The first-order chi connectivity index (χ1) is 13.6. The standard InChI is InChI=1S/C21H31N5O3/c1-13-9-15(11-21(3,4)10-13)26-14(2)12-25-16-17(22-19(25)26)23(5)20(28)24(18(16)27)7-8-29-6/h12-13,15H,7-11H2,1-6H3/t13-,15-/m0/s1. The minimum atomic E-state index is -0.365. The third-order valence-corrected chi connectivity index (χ3v) is 6.32. The molecule has 0 spiro atoms. The fraction of sp³-hybridized carbons (Fsp3) is 0.667. The van der Waals surface area contributed by atoms with Gasteiger partial charge in [0.05, 0.1) is 13.2 Å². The molecule has 3 aromatic rings. The number of aryl methyl sites for hydroxylation is 2. The van der Waals surface area contributed by atoms with Crippen molar-refractivity contribution in [2.24, 2.45) is 18.4 Å². The Morgan fingerprint density at radius 2 is 2.00 bits per heavy atom. The highest BCUT2D eigenvalue weighted by Crippen LogP contribution is 2.44. The normalized spacial score (nSPS) is 22.0. The minimum Gasteiger partial charge on any atom is -0.383 e. The third-order valence-electron chi connectivity index (χ3n) is 6.32. The van der Waals surface area contributed by atoms with Crippen LogP contribution in [-0.4, -0.2) is 36.8 Å². The molecule has 1 aliphatic rings. The molecular formula is C21H31N5O3. The van der Waals surface area contributed by atoms with E-state index in [1.54, 1.807) is 14.2 Å². The molecule has 0 amide bonds. The van der Waals surface area contributed by atoms with Crippen molar-refractivity contribution < 1.29 is 4.74 Å². The summed E-state index contributed by atoms with van der Waals surface area (Å²) in [4.78, 5) is 30.6. The van der Waals surface area contributed by atoms with Gasteiger partial charge in [0, 0.05) is 32.1 Å². The van der Waals surface area contributed by atoms with Crippen molar-refractivity contribution in [3.63, 3.8) is 0 Å². The van der Waals surface area contributed by atoms with Gasteiger partial charge in [0.1, 0.15) is 0 Å². The summed E-state index contributed by atoms with van der Waals surface area (Å²) in [5.74, 6) is 1.37. The first kappa shape index (κ1) is 19.9. The fourth-order valence-corrected chi connectivity index (χ4v) is 5.35. The molecule has 1 aliphatic carbocycles. The van der Waals surface area contributed by atoms with E-state index in [-0.39, 0.29) is 23.2 Å². The Morgan fingerprint density at radius 3 is 2.66 bits per heavy atom. The van der Waals surface area contributed by atoms with Crippen LogP contribution in [0, 0.1) is 18.3 Å². The van der Waals surface area contributed by atoms with Crippen LogP contribution in [0.1, 0.15) is 51.8 Å². The molecule has 1 fully saturated rings. The van der Waals surface area contributed by atoms with Gasteiger partial charge < -0.3 is 9.30 Å². The summed E-state index contributed by atoms with van der Waals surface area (Å²) < 4.78 is 11.9. The lowest BCUT2D eigenvalue weighted by atomic mass is 9.70. The number of nitrogens with zero attached hydrogens (tertiary/aromatic N) is 5. The van der Waals surface area contributed by atoms with Crippen LogP contribution in [0.5, 0.6) is 0 Å². The summed E-state index contributed by atoms with van der Waals surface area (Å²) >= 11 is 0. The van der Waals surface area contributed by atoms with E-state index in [1.807, 2.05) is 10.6 Å². The SMILES string of the molecule is COCCn1c(=O)c2c(nc3n([C@H]4C[C@H](C)CC(C)(C)C4)c(C)cn23)n(C)c1=O. The Morgan fingerprint density at radius 1 is 1.28 bits per heavy atom. The van der Waals surface area contributed by atoms with Gasteiger partial charge in [0.25, 0.3) is 5.56 Å². The van der Waals surface area contributed by atoms with E-state index < -0.39 is 0 Å². The smallest absolute Gasteiger partial charge is 0.332 e. The Bertz CT molecular complexity index is 1190. The van der Waals surface area contributed by atoms with Gasteiger partial charge in [-0.05, 0) is 37.5 Å². The minimum absolute atomic E-state index is 0.221. The first-order valence-corrected chi connectivity index (χ1v) is 10.3. The largest absolute Gasteiger partial charge is 0.383 e. The van der Waals surface area contributed by atoms with Crippen LogP contribution in [0.3, 0.4) is 0 Å². The molecule has 0 unspecified atom stereocenters. The van der Waals surface area contributed by atoms with Crippen molar-refractivity contribution >= 4 is 16.9 Å². The van der Waals surface area contributed by atoms with Crippen LogP contribution in [0.4, 0.5) is 0 Å². The van der Waals surface area contributed by atoms with E-state index in [0.717, 1.165) is 24.3 Å². The zero-order chi connectivity index (χ0) is 21.1. The molecule has 4 rings (SSSR count). The molecule has 3 aromatic heterocycles. The number of hydrogen-bond acceptors (Lipinski definition) is 4. The molecule has 0 radical (unpaired) electrons. The number of methoxy groups -OCH3 is 1. The van der Waals surface area contributed by atoms with Gasteiger partial charge in [-0.3, -0.25) is 18.3 Å². The molecule has 0 saturated heterocycles. The topological polar surface area (TPSA) is 75.5 Å². The quantitative estimate of drug-likeness (QED) is 0.673. The van der Waals surface area contributed by atoms with E-state index in [1.165, 1.54) is 15.6 Å². The summed E-state index contributed by atoms with van der Waals surface area (Å²) in [5.41, 5.74) is 1.55. The second kappa shape index (κ2) is 6.86. The second-order valence-corrected chi connectivity index (χ2v) is 9.45. The molecule has 1 saturated carbocycles. The van der Waals surface area contributed by atoms with Gasteiger partial charge in [0.2, 0.25) is 5.78 Å². The molecule has 2 atom stereocenters. The Balaban J connectivity index is 1.96. The molecule has 0 aromatic carbocycles. The van der Waals surface area contributed by atoms with Crippen LogP contribution in [0.25, 0.3) is 16.9 Å². The highest BCUT2D eigenvalue weighted by molar-refractivity contribution is 5.75. The Kier molecular flexibility index (Phi) is 4.72. The van der Waals surface area contributed by atoms with Crippen molar-refractivity contribution in [1.29, 1.82) is 0 Å². The molecule has 3 heterocycles. The van der Waals surface area contributed by atoms with Crippen LogP contribution in [0.15, 0.2) is 15.8 Å². The number of fused-ring (bicyclic) bond motifs is 3. The summed E-state index contributed by atoms with van der Waals surface area (Å²) in [6.45, 7) is 9.55. The summed E-state index contributed by atoms with van der Waals surface area (Å²) in [5, 5.41) is 0. The summed E-state index contributed by atoms with van der Waals surface area (Å²) in [6.07, 6.45) is 5.36. The van der Waals surface area contributed by atoms with E-state index in [2.05, 4.69) is 32.3 Å². The lowest BCUT2D eigenvalue weighted by molar-refractivity contribution is 0.138. The number of imidazole rings is 2. The van der Waals surface area contributed by atoms with Crippen LogP contribution in [-0.2, 0) is 18.3 Å². The van der Waals surface area contributed by atoms with Gasteiger partial charge >= 0.3 is 5.69 Å². The fourth-order valence-electron chi connectivity index (χ4n) is 5.35. The summed E-state index contributed by atoms with van der Waals surface area (Å²) in [6, 6.07) is 0.329. The Labute approximate surface area is 169 Å². The maximum atomic E-state index is 13.2. The molecule has 0 N–H and O–H groups in total. The van der Waals surface area contributed by atoms with E-state index in [0.29, 0.717) is 29.7 Å². The predicted molar refractivity (Wildman–Crippen MR) is 113 cm³/mol. The summed E-state index contributed by atoms with van der Waals surface area (Å²) in [7, 11) is 3.23. The van der Waals surface area contributed by atoms with Gasteiger partial charge in [-0.15, -0.1) is 0 Å². The average molecular weight is 402 g/mol. The highest BCUT2D eigenvalue weighted by atomic mass is 16.5. The number of rotatable bonds is 4. The molecule has 29 heavy (non-hydrogen) atoms. The van der Waals surface area contributed by atoms with Crippen molar-refractivity contribution in [3.05, 3.63) is 32.7 Å². The third kappa shape index (κ3) is 3.13. The van der Waals surface area contributed by atoms with E-state index in [9.17, 15) is 9.59 Å². The second-order valence-electron chi connectivity index (χ2n) is 9.45. The maximum absolute atomic E-state index is 13.2. The average Bonchev–Trinajstić information content (AvgIpc) is 3.12. The molecule has 158 valence electrons. The molecule has 0 bridgehead atoms. The zero-order valence-corrected chi connectivity index (χ0v) is 18.2. The molecule has 8 nitrogen and oxygen atoms in total. The van der Waals surface area contributed by atoms with Crippen molar-refractivity contribution in [2.75, 3.05) is 13.7 Å². The number of aromatic nitrogens is 5. The Hall–Kier alpha value is -2.35. The molecule has 8 heteroatoms.